The first kappa shape index (κ1) is 36.6. The number of fused-ring (bicyclic) bond motifs is 2. The molecule has 0 saturated carbocycles. The molecule has 4 aliphatic heterocycles. The number of aromatic nitrogens is 5. The Kier molecular flexibility index (Phi) is 9.76. The number of carbonyl (C=O) groups excluding carboxylic acids is 3. The van der Waals surface area contributed by atoms with Crippen LogP contribution in [0.25, 0.3) is 11.0 Å². The molecule has 55 heavy (non-hydrogen) atoms. The molecule has 288 valence electrons. The number of ether oxygens (including phenoxy) is 1. The number of amides is 3. The summed E-state index contributed by atoms with van der Waals surface area (Å²) in [6.45, 7) is 16.0. The van der Waals surface area contributed by atoms with Crippen molar-refractivity contribution in [3.05, 3.63) is 72.0 Å². The first-order valence-electron chi connectivity index (χ1n) is 19.2. The Labute approximate surface area is 320 Å². The van der Waals surface area contributed by atoms with E-state index in [1.54, 1.807) is 18.5 Å². The number of imide groups is 1. The SMILES string of the molecule is C=C1CCC(N2C(=O)c3ccc(N4CCN(CCC5(OC)CCN(c6nccc(Nc7cc8c(cn7)nc(C)n8C(C)C)n6)CC5)CC4)cc3C2=O)C(=O)N1. The molecule has 3 saturated heterocycles. The van der Waals surface area contributed by atoms with Gasteiger partial charge in [0.1, 0.15) is 29.0 Å². The minimum Gasteiger partial charge on any atom is -0.378 e. The Balaban J connectivity index is 0.836. The van der Waals surface area contributed by atoms with Crippen LogP contribution in [0.5, 0.6) is 0 Å². The monoisotopic (exact) mass is 747 g/mol. The van der Waals surface area contributed by atoms with Crippen molar-refractivity contribution in [1.29, 1.82) is 0 Å². The van der Waals surface area contributed by atoms with Crippen molar-refractivity contribution < 1.29 is 19.1 Å². The van der Waals surface area contributed by atoms with E-state index in [1.807, 2.05) is 38.3 Å². The van der Waals surface area contributed by atoms with E-state index < -0.39 is 17.9 Å². The molecule has 3 aromatic heterocycles. The normalized spacial score (nSPS) is 20.5. The van der Waals surface area contributed by atoms with Gasteiger partial charge < -0.3 is 29.7 Å². The maximum absolute atomic E-state index is 13.4. The number of hydrogen-bond acceptors (Lipinski definition) is 12. The van der Waals surface area contributed by atoms with E-state index in [-0.39, 0.29) is 17.6 Å². The third-order valence-corrected chi connectivity index (χ3v) is 11.7. The van der Waals surface area contributed by atoms with E-state index in [1.165, 1.54) is 0 Å². The fourth-order valence-electron chi connectivity index (χ4n) is 8.54. The molecule has 2 N–H and O–H groups in total. The van der Waals surface area contributed by atoms with Gasteiger partial charge in [0.25, 0.3) is 11.8 Å². The summed E-state index contributed by atoms with van der Waals surface area (Å²) in [6.07, 6.45) is 7.18. The molecule has 3 fully saturated rings. The van der Waals surface area contributed by atoms with Crippen LogP contribution in [0.15, 0.2) is 55.0 Å². The van der Waals surface area contributed by atoms with Crippen LogP contribution in [-0.2, 0) is 9.53 Å². The van der Waals surface area contributed by atoms with Gasteiger partial charge >= 0.3 is 0 Å². The van der Waals surface area contributed by atoms with Gasteiger partial charge in [-0.05, 0) is 77.1 Å². The van der Waals surface area contributed by atoms with Gasteiger partial charge in [-0.1, -0.05) is 6.58 Å². The summed E-state index contributed by atoms with van der Waals surface area (Å²) in [7, 11) is 1.82. The molecule has 4 aromatic rings. The molecule has 0 radical (unpaired) electrons. The molecule has 15 nitrogen and oxygen atoms in total. The summed E-state index contributed by atoms with van der Waals surface area (Å²) in [6, 6.07) is 8.81. The van der Waals surface area contributed by atoms with E-state index >= 15 is 0 Å². The third-order valence-electron chi connectivity index (χ3n) is 11.7. The highest BCUT2D eigenvalue weighted by molar-refractivity contribution is 6.23. The summed E-state index contributed by atoms with van der Waals surface area (Å²) < 4.78 is 8.42. The Bertz CT molecular complexity index is 2150. The van der Waals surface area contributed by atoms with Crippen molar-refractivity contribution in [1.82, 2.24) is 39.6 Å². The lowest BCUT2D eigenvalue weighted by atomic mass is 9.87. The maximum Gasteiger partial charge on any atom is 0.262 e. The molecular weight excluding hydrogens is 699 g/mol. The van der Waals surface area contributed by atoms with Gasteiger partial charge in [0.2, 0.25) is 11.9 Å². The van der Waals surface area contributed by atoms with Crippen LogP contribution in [0.2, 0.25) is 0 Å². The fraction of sp³-hybridized carbons (Fsp3) is 0.475. The molecule has 8 rings (SSSR count). The van der Waals surface area contributed by atoms with Crippen molar-refractivity contribution in [3.63, 3.8) is 0 Å². The number of piperidine rings is 2. The van der Waals surface area contributed by atoms with Crippen LogP contribution in [0.1, 0.15) is 78.5 Å². The summed E-state index contributed by atoms with van der Waals surface area (Å²) in [5, 5.41) is 6.06. The minimum absolute atomic E-state index is 0.221. The lowest BCUT2D eigenvalue weighted by molar-refractivity contribution is -0.125. The number of nitrogens with one attached hydrogen (secondary N) is 2. The molecular formula is C40H49N11O4. The van der Waals surface area contributed by atoms with E-state index in [0.717, 1.165) is 92.5 Å². The third kappa shape index (κ3) is 7.02. The molecule has 3 amide bonds. The standard InChI is InChI=1S/C40H49N11O4/c1-25(2)50-27(4)44-31-24-42-35(23-33(31)50)45-34-10-14-41-39(46-34)49-16-12-40(55-5,13-17-49)11-15-47-18-20-48(21-19-47)28-7-8-29-30(22-28)38(54)51(37(29)53)32-9-6-26(3)43-36(32)52/h7-8,10,14,22-25,32H,3,6,9,11-13,15-21H2,1-2,4-5H3,(H,43,52)(H,41,42,45,46). The van der Waals surface area contributed by atoms with Crippen molar-refractivity contribution in [2.24, 2.45) is 0 Å². The minimum atomic E-state index is -0.814. The highest BCUT2D eigenvalue weighted by Gasteiger charge is 2.44. The van der Waals surface area contributed by atoms with Crippen LogP contribution >= 0.6 is 0 Å². The second-order valence-corrected chi connectivity index (χ2v) is 15.4. The van der Waals surface area contributed by atoms with Gasteiger partial charge in [-0.25, -0.2) is 15.0 Å². The van der Waals surface area contributed by atoms with Gasteiger partial charge in [0, 0.05) is 82.6 Å². The number of methoxy groups -OCH3 is 1. The number of allylic oxidation sites excluding steroid dienone is 1. The van der Waals surface area contributed by atoms with Gasteiger partial charge in [0.15, 0.2) is 0 Å². The van der Waals surface area contributed by atoms with Crippen LogP contribution in [0.4, 0.5) is 23.3 Å². The van der Waals surface area contributed by atoms with Crippen molar-refractivity contribution >= 4 is 52.0 Å². The van der Waals surface area contributed by atoms with Crippen LogP contribution in [0.3, 0.4) is 0 Å². The summed E-state index contributed by atoms with van der Waals surface area (Å²) in [5.74, 6) is 1.88. The number of rotatable bonds is 10. The number of nitrogens with zero attached hydrogens (tertiary/aromatic N) is 9. The topological polar surface area (TPSA) is 154 Å². The lowest BCUT2D eigenvalue weighted by Gasteiger charge is -2.43. The van der Waals surface area contributed by atoms with E-state index in [9.17, 15) is 14.4 Å². The quantitative estimate of drug-likeness (QED) is 0.221. The molecule has 7 heterocycles. The summed E-state index contributed by atoms with van der Waals surface area (Å²) in [5.41, 5.74) is 3.93. The van der Waals surface area contributed by atoms with Crippen molar-refractivity contribution in [2.75, 3.05) is 68.0 Å². The van der Waals surface area contributed by atoms with Gasteiger partial charge in [-0.3, -0.25) is 24.2 Å². The van der Waals surface area contributed by atoms with Crippen LogP contribution in [-0.4, -0.2) is 117 Å². The fourth-order valence-corrected chi connectivity index (χ4v) is 8.54. The largest absolute Gasteiger partial charge is 0.378 e. The number of imidazole rings is 1. The van der Waals surface area contributed by atoms with Crippen LogP contribution in [0, 0.1) is 6.92 Å². The number of benzene rings is 1. The van der Waals surface area contributed by atoms with Crippen LogP contribution < -0.4 is 20.4 Å². The predicted molar refractivity (Wildman–Crippen MR) is 210 cm³/mol. The highest BCUT2D eigenvalue weighted by Crippen LogP contribution is 2.34. The number of piperazine rings is 1. The van der Waals surface area contributed by atoms with Gasteiger partial charge in [-0.2, -0.15) is 4.98 Å². The van der Waals surface area contributed by atoms with Crippen molar-refractivity contribution in [2.45, 2.75) is 70.6 Å². The lowest BCUT2D eigenvalue weighted by Crippen LogP contribution is -2.51. The zero-order valence-electron chi connectivity index (χ0n) is 32.0. The molecule has 1 aromatic carbocycles. The maximum atomic E-state index is 13.4. The first-order valence-corrected chi connectivity index (χ1v) is 19.2. The van der Waals surface area contributed by atoms with E-state index in [0.29, 0.717) is 47.2 Å². The number of carbonyl (C=O) groups is 3. The molecule has 0 bridgehead atoms. The Hall–Kier alpha value is -5.41. The molecule has 0 spiro atoms. The van der Waals surface area contributed by atoms with E-state index in [4.69, 9.17) is 9.72 Å². The zero-order chi connectivity index (χ0) is 38.4. The number of pyridine rings is 1. The average molecular weight is 748 g/mol. The smallest absolute Gasteiger partial charge is 0.262 e. The van der Waals surface area contributed by atoms with Gasteiger partial charge in [-0.15, -0.1) is 0 Å². The van der Waals surface area contributed by atoms with E-state index in [2.05, 4.69) is 65.3 Å². The summed E-state index contributed by atoms with van der Waals surface area (Å²) in [4.78, 5) is 66.0. The van der Waals surface area contributed by atoms with Gasteiger partial charge in [0.05, 0.1) is 28.4 Å². The predicted octanol–water partition coefficient (Wildman–Crippen LogP) is 4.44. The molecule has 1 unspecified atom stereocenters. The Morgan fingerprint density at radius 1 is 0.945 bits per heavy atom. The second-order valence-electron chi connectivity index (χ2n) is 15.4. The highest BCUT2D eigenvalue weighted by atomic mass is 16.5. The average Bonchev–Trinajstić information content (AvgIpc) is 3.65. The first-order chi connectivity index (χ1) is 26.5. The second kappa shape index (κ2) is 14.7. The Morgan fingerprint density at radius 2 is 1.71 bits per heavy atom. The summed E-state index contributed by atoms with van der Waals surface area (Å²) >= 11 is 0. The number of anilines is 4. The molecule has 15 heteroatoms. The number of aryl methyl sites for hydroxylation is 1. The Morgan fingerprint density at radius 3 is 2.44 bits per heavy atom. The van der Waals surface area contributed by atoms with Crippen molar-refractivity contribution in [3.8, 4) is 0 Å². The number of hydrogen-bond donors (Lipinski definition) is 2. The molecule has 0 aliphatic carbocycles. The zero-order valence-corrected chi connectivity index (χ0v) is 32.0. The molecule has 4 aliphatic rings. The molecule has 1 atom stereocenters.